The lowest BCUT2D eigenvalue weighted by atomic mass is 10.1. The van der Waals surface area contributed by atoms with Gasteiger partial charge < -0.3 is 19.5 Å². The van der Waals surface area contributed by atoms with E-state index >= 15 is 0 Å². The van der Waals surface area contributed by atoms with Gasteiger partial charge in [-0.3, -0.25) is 9.59 Å². The van der Waals surface area contributed by atoms with Crippen LogP contribution in [0.25, 0.3) is 0 Å². The molecular formula is C19H19NO6. The molecule has 0 unspecified atom stereocenters. The van der Waals surface area contributed by atoms with Crippen molar-refractivity contribution in [3.63, 3.8) is 0 Å². The van der Waals surface area contributed by atoms with Crippen LogP contribution in [0, 0.1) is 0 Å². The molecule has 0 aliphatic rings. The van der Waals surface area contributed by atoms with E-state index in [0.29, 0.717) is 22.7 Å². The number of amides is 1. The highest BCUT2D eigenvalue weighted by molar-refractivity contribution is 6.04. The maximum Gasteiger partial charge on any atom is 0.342 e. The Labute approximate surface area is 150 Å². The van der Waals surface area contributed by atoms with Crippen LogP contribution in [0.15, 0.2) is 42.5 Å². The third-order valence-corrected chi connectivity index (χ3v) is 3.54. The van der Waals surface area contributed by atoms with Gasteiger partial charge in [0.2, 0.25) is 0 Å². The smallest absolute Gasteiger partial charge is 0.342 e. The number of methoxy groups -OCH3 is 2. The number of Topliss-reactive ketones (excluding diaryl/α,β-unsaturated/α-hetero) is 1. The van der Waals surface area contributed by atoms with E-state index in [-0.39, 0.29) is 11.3 Å². The average molecular weight is 357 g/mol. The normalized spacial score (nSPS) is 9.96. The van der Waals surface area contributed by atoms with E-state index < -0.39 is 18.5 Å². The van der Waals surface area contributed by atoms with Crippen molar-refractivity contribution in [2.24, 2.45) is 0 Å². The lowest BCUT2D eigenvalue weighted by Gasteiger charge is -2.11. The fourth-order valence-corrected chi connectivity index (χ4v) is 2.27. The van der Waals surface area contributed by atoms with Crippen molar-refractivity contribution >= 4 is 23.3 Å². The van der Waals surface area contributed by atoms with Crippen molar-refractivity contribution in [2.45, 2.75) is 6.92 Å². The summed E-state index contributed by atoms with van der Waals surface area (Å²) in [5, 5.41) is 2.56. The number of nitrogens with one attached hydrogen (secondary N) is 1. The number of ether oxygens (including phenoxy) is 3. The van der Waals surface area contributed by atoms with E-state index in [0.717, 1.165) is 0 Å². The molecule has 0 bridgehead atoms. The molecule has 0 saturated heterocycles. The van der Waals surface area contributed by atoms with E-state index in [1.165, 1.54) is 27.2 Å². The lowest BCUT2D eigenvalue weighted by molar-refractivity contribution is -0.119. The minimum Gasteiger partial charge on any atom is -0.497 e. The number of ketones is 1. The molecule has 2 aromatic carbocycles. The third-order valence-electron chi connectivity index (χ3n) is 3.54. The SMILES string of the molecule is COc1ccc(OC)c(C(=O)OCC(=O)Nc2ccccc2C(C)=O)c1. The van der Waals surface area contributed by atoms with Gasteiger partial charge in [0.25, 0.3) is 5.91 Å². The molecule has 7 heteroatoms. The maximum absolute atomic E-state index is 12.2. The number of carbonyl (C=O) groups is 3. The highest BCUT2D eigenvalue weighted by Gasteiger charge is 2.17. The molecule has 0 spiro atoms. The summed E-state index contributed by atoms with van der Waals surface area (Å²) in [4.78, 5) is 35.8. The Bertz CT molecular complexity index is 831. The molecule has 0 heterocycles. The summed E-state index contributed by atoms with van der Waals surface area (Å²) in [5.41, 5.74) is 0.880. The van der Waals surface area contributed by atoms with Gasteiger partial charge in [0.1, 0.15) is 17.1 Å². The average Bonchev–Trinajstić information content (AvgIpc) is 2.65. The largest absolute Gasteiger partial charge is 0.497 e. The van der Waals surface area contributed by atoms with Crippen LogP contribution in [0.2, 0.25) is 0 Å². The van der Waals surface area contributed by atoms with Gasteiger partial charge in [-0.15, -0.1) is 0 Å². The molecule has 2 aromatic rings. The molecule has 7 nitrogen and oxygen atoms in total. The van der Waals surface area contributed by atoms with Crippen LogP contribution in [-0.2, 0) is 9.53 Å². The van der Waals surface area contributed by atoms with E-state index in [1.54, 1.807) is 36.4 Å². The van der Waals surface area contributed by atoms with Crippen molar-refractivity contribution in [1.82, 2.24) is 0 Å². The Morgan fingerprint density at radius 3 is 2.35 bits per heavy atom. The van der Waals surface area contributed by atoms with Crippen LogP contribution in [0.5, 0.6) is 11.5 Å². The Balaban J connectivity index is 2.04. The number of hydrogen-bond donors (Lipinski definition) is 1. The monoisotopic (exact) mass is 357 g/mol. The molecule has 1 N–H and O–H groups in total. The quantitative estimate of drug-likeness (QED) is 0.605. The van der Waals surface area contributed by atoms with E-state index in [4.69, 9.17) is 14.2 Å². The Morgan fingerprint density at radius 2 is 1.69 bits per heavy atom. The van der Waals surface area contributed by atoms with Crippen molar-refractivity contribution in [1.29, 1.82) is 0 Å². The highest BCUT2D eigenvalue weighted by Crippen LogP contribution is 2.24. The second-order valence-corrected chi connectivity index (χ2v) is 5.29. The first-order valence-electron chi connectivity index (χ1n) is 7.75. The third kappa shape index (κ3) is 4.60. The topological polar surface area (TPSA) is 90.9 Å². The summed E-state index contributed by atoms with van der Waals surface area (Å²) < 4.78 is 15.2. The molecule has 0 saturated carbocycles. The summed E-state index contributed by atoms with van der Waals surface area (Å²) in [6.45, 7) is 0.894. The fraction of sp³-hybridized carbons (Fsp3) is 0.211. The van der Waals surface area contributed by atoms with E-state index in [9.17, 15) is 14.4 Å². The summed E-state index contributed by atoms with van der Waals surface area (Å²) in [5.74, 6) is -0.709. The molecule has 0 atom stereocenters. The summed E-state index contributed by atoms with van der Waals surface area (Å²) >= 11 is 0. The number of esters is 1. The van der Waals surface area contributed by atoms with Crippen LogP contribution in [0.1, 0.15) is 27.6 Å². The summed E-state index contributed by atoms with van der Waals surface area (Å²) in [7, 11) is 2.89. The molecule has 0 aliphatic heterocycles. The van der Waals surface area contributed by atoms with Gasteiger partial charge in [0, 0.05) is 5.56 Å². The lowest BCUT2D eigenvalue weighted by Crippen LogP contribution is -2.22. The Hall–Kier alpha value is -3.35. The Kier molecular flexibility index (Phi) is 6.32. The number of benzene rings is 2. The van der Waals surface area contributed by atoms with E-state index in [1.807, 2.05) is 0 Å². The van der Waals surface area contributed by atoms with Crippen LogP contribution in [-0.4, -0.2) is 38.5 Å². The minimum atomic E-state index is -0.726. The standard InChI is InChI=1S/C19H19NO6/c1-12(21)14-6-4-5-7-16(14)20-18(22)11-26-19(23)15-10-13(24-2)8-9-17(15)25-3/h4-10H,11H2,1-3H3,(H,20,22). The molecule has 136 valence electrons. The number of hydrogen-bond acceptors (Lipinski definition) is 6. The zero-order valence-electron chi connectivity index (χ0n) is 14.7. The van der Waals surface area contributed by atoms with Gasteiger partial charge >= 0.3 is 5.97 Å². The predicted octanol–water partition coefficient (Wildman–Crippen LogP) is 2.70. The molecular weight excluding hydrogens is 338 g/mol. The molecule has 26 heavy (non-hydrogen) atoms. The van der Waals surface area contributed by atoms with Crippen LogP contribution in [0.4, 0.5) is 5.69 Å². The zero-order valence-corrected chi connectivity index (χ0v) is 14.7. The van der Waals surface area contributed by atoms with Crippen molar-refractivity contribution in [2.75, 3.05) is 26.1 Å². The van der Waals surface area contributed by atoms with Gasteiger partial charge in [-0.2, -0.15) is 0 Å². The summed E-state index contributed by atoms with van der Waals surface area (Å²) in [6.07, 6.45) is 0. The van der Waals surface area contributed by atoms with Gasteiger partial charge in [0.05, 0.1) is 19.9 Å². The molecule has 0 aromatic heterocycles. The first kappa shape index (κ1) is 19.0. The van der Waals surface area contributed by atoms with Crippen LogP contribution < -0.4 is 14.8 Å². The summed E-state index contributed by atoms with van der Waals surface area (Å²) in [6, 6.07) is 11.3. The molecule has 0 aliphatic carbocycles. The van der Waals surface area contributed by atoms with Crippen molar-refractivity contribution < 1.29 is 28.6 Å². The number of rotatable bonds is 7. The van der Waals surface area contributed by atoms with Crippen molar-refractivity contribution in [3.8, 4) is 11.5 Å². The van der Waals surface area contributed by atoms with Crippen molar-refractivity contribution in [3.05, 3.63) is 53.6 Å². The van der Waals surface area contributed by atoms with Gasteiger partial charge in [-0.25, -0.2) is 4.79 Å². The second-order valence-electron chi connectivity index (χ2n) is 5.29. The zero-order chi connectivity index (χ0) is 19.1. The predicted molar refractivity (Wildman–Crippen MR) is 94.9 cm³/mol. The molecule has 0 fully saturated rings. The van der Waals surface area contributed by atoms with Gasteiger partial charge in [0.15, 0.2) is 12.4 Å². The van der Waals surface area contributed by atoms with Crippen LogP contribution in [0.3, 0.4) is 0 Å². The van der Waals surface area contributed by atoms with Gasteiger partial charge in [-0.05, 0) is 37.3 Å². The van der Waals surface area contributed by atoms with Crippen LogP contribution >= 0.6 is 0 Å². The van der Waals surface area contributed by atoms with E-state index in [2.05, 4.69) is 5.32 Å². The first-order valence-corrected chi connectivity index (χ1v) is 7.75. The van der Waals surface area contributed by atoms with Gasteiger partial charge in [-0.1, -0.05) is 12.1 Å². The molecule has 2 rings (SSSR count). The fourth-order valence-electron chi connectivity index (χ4n) is 2.27. The second kappa shape index (κ2) is 8.66. The minimum absolute atomic E-state index is 0.142. The Morgan fingerprint density at radius 1 is 0.962 bits per heavy atom. The molecule has 1 amide bonds. The highest BCUT2D eigenvalue weighted by atomic mass is 16.5. The molecule has 0 radical (unpaired) electrons. The first-order chi connectivity index (χ1) is 12.5. The number of para-hydroxylation sites is 1. The number of carbonyl (C=O) groups excluding carboxylic acids is 3. The maximum atomic E-state index is 12.2. The number of anilines is 1.